The Balaban J connectivity index is 4.77. The third-order valence-corrected chi connectivity index (χ3v) is 3.05. The lowest BCUT2D eigenvalue weighted by atomic mass is 9.95. The molecule has 0 heterocycles. The minimum absolute atomic E-state index is 1.07. The second kappa shape index (κ2) is 8.52. The summed E-state index contributed by atoms with van der Waals surface area (Å²) in [6.45, 7) is 10.3. The van der Waals surface area contributed by atoms with Crippen LogP contribution in [0.3, 0.4) is 0 Å². The summed E-state index contributed by atoms with van der Waals surface area (Å²) in [4.78, 5) is 1.20. The largest absolute Gasteiger partial charge is 0.148 e. The van der Waals surface area contributed by atoms with Gasteiger partial charge in [0.05, 0.1) is 0 Å². The van der Waals surface area contributed by atoms with Gasteiger partial charge in [-0.15, -0.1) is 19.2 Å². The molecule has 0 bridgehead atoms. The van der Waals surface area contributed by atoms with Gasteiger partial charge in [0.2, 0.25) is 0 Å². The van der Waals surface area contributed by atoms with Crippen LogP contribution in [-0.4, -0.2) is 7.85 Å². The fourth-order valence-electron chi connectivity index (χ4n) is 1.37. The first-order valence-corrected chi connectivity index (χ1v) is 6.36. The maximum atomic E-state index is 4.58. The van der Waals surface area contributed by atoms with Gasteiger partial charge in [0.1, 0.15) is 7.85 Å². The lowest BCUT2D eigenvalue weighted by molar-refractivity contribution is 0.806. The summed E-state index contributed by atoms with van der Waals surface area (Å²) in [7, 11) is 2.00. The van der Waals surface area contributed by atoms with Crippen LogP contribution in [-0.2, 0) is 0 Å². The third-order valence-electron chi connectivity index (χ3n) is 2.49. The minimum Gasteiger partial charge on any atom is -0.148 e. The van der Waals surface area contributed by atoms with Crippen LogP contribution in [0.1, 0.15) is 40.0 Å². The van der Waals surface area contributed by atoms with Crippen molar-refractivity contribution in [3.8, 4) is 0 Å². The summed E-state index contributed by atoms with van der Waals surface area (Å²) in [6, 6.07) is 0. The Kier molecular flexibility index (Phi) is 8.19. The van der Waals surface area contributed by atoms with E-state index >= 15 is 0 Å². The van der Waals surface area contributed by atoms with Crippen LogP contribution in [0.2, 0.25) is 0 Å². The Morgan fingerprint density at radius 1 is 1.38 bits per heavy atom. The summed E-state index contributed by atoms with van der Waals surface area (Å²) in [5.41, 5.74) is 3.59. The first kappa shape index (κ1) is 15.4. The highest BCUT2D eigenvalue weighted by Gasteiger charge is 2.01. The van der Waals surface area contributed by atoms with Crippen LogP contribution in [0.15, 0.2) is 46.3 Å². The molecule has 88 valence electrons. The molecule has 16 heavy (non-hydrogen) atoms. The van der Waals surface area contributed by atoms with Crippen molar-refractivity contribution >= 4 is 20.5 Å². The molecular weight excluding hydrogens is 211 g/mol. The molecule has 0 nitrogen and oxygen atoms in total. The van der Waals surface area contributed by atoms with Crippen molar-refractivity contribution in [2.45, 2.75) is 40.0 Å². The van der Waals surface area contributed by atoms with E-state index in [9.17, 15) is 0 Å². The van der Waals surface area contributed by atoms with E-state index in [2.05, 4.69) is 52.1 Å². The van der Waals surface area contributed by atoms with Crippen molar-refractivity contribution in [1.29, 1.82) is 0 Å². The lowest BCUT2D eigenvalue weighted by Crippen LogP contribution is -1.87. The predicted octanol–water partition coefficient (Wildman–Crippen LogP) is 4.03. The average molecular weight is 234 g/mol. The maximum absolute atomic E-state index is 4.58. The number of hydrogen-bond acceptors (Lipinski definition) is 1. The Labute approximate surface area is 107 Å². The van der Waals surface area contributed by atoms with E-state index in [4.69, 9.17) is 0 Å². The molecule has 0 aromatic rings. The molecular formula is C14H23BS. The molecule has 0 amide bonds. The van der Waals surface area contributed by atoms with E-state index in [0.717, 1.165) is 11.9 Å². The zero-order valence-electron chi connectivity index (χ0n) is 11.0. The SMILES string of the molecule is BC(=C)\C=C/C(=C\C)C(/C)=C(\S)CCCC. The third kappa shape index (κ3) is 6.07. The van der Waals surface area contributed by atoms with Crippen molar-refractivity contribution in [3.63, 3.8) is 0 Å². The monoisotopic (exact) mass is 234 g/mol. The normalized spacial score (nSPS) is 14.1. The molecule has 0 aliphatic heterocycles. The molecule has 0 saturated heterocycles. The number of rotatable bonds is 6. The number of unbranched alkanes of at least 4 members (excludes halogenated alkanes) is 1. The highest BCUT2D eigenvalue weighted by atomic mass is 32.1. The summed E-state index contributed by atoms with van der Waals surface area (Å²) in [6.07, 6.45) is 9.77. The molecule has 0 aliphatic rings. The van der Waals surface area contributed by atoms with E-state index in [1.54, 1.807) is 0 Å². The molecule has 0 aromatic carbocycles. The Bertz CT molecular complexity index is 322. The fraction of sp³-hybridized carbons (Fsp3) is 0.429. The molecule has 0 saturated carbocycles. The summed E-state index contributed by atoms with van der Waals surface area (Å²) in [5, 5.41) is 0. The van der Waals surface area contributed by atoms with Gasteiger partial charge >= 0.3 is 0 Å². The zero-order valence-corrected chi connectivity index (χ0v) is 11.9. The van der Waals surface area contributed by atoms with Gasteiger partial charge in [-0.2, -0.15) is 0 Å². The molecule has 0 atom stereocenters. The van der Waals surface area contributed by atoms with Gasteiger partial charge in [-0.1, -0.05) is 37.0 Å². The van der Waals surface area contributed by atoms with Gasteiger partial charge < -0.3 is 0 Å². The first-order valence-electron chi connectivity index (χ1n) is 5.91. The fourth-order valence-corrected chi connectivity index (χ4v) is 1.66. The van der Waals surface area contributed by atoms with Gasteiger partial charge in [-0.3, -0.25) is 0 Å². The van der Waals surface area contributed by atoms with Crippen LogP contribution < -0.4 is 0 Å². The first-order chi connectivity index (χ1) is 7.52. The number of thiol groups is 1. The van der Waals surface area contributed by atoms with Gasteiger partial charge in [0.15, 0.2) is 0 Å². The van der Waals surface area contributed by atoms with Crippen LogP contribution in [0.25, 0.3) is 0 Å². The maximum Gasteiger partial charge on any atom is 0.138 e. The molecule has 0 spiro atoms. The highest BCUT2D eigenvalue weighted by Crippen LogP contribution is 2.23. The van der Waals surface area contributed by atoms with Gasteiger partial charge in [-0.05, 0) is 42.7 Å². The van der Waals surface area contributed by atoms with Crippen LogP contribution in [0, 0.1) is 0 Å². The topological polar surface area (TPSA) is 0 Å². The van der Waals surface area contributed by atoms with Crippen LogP contribution in [0.5, 0.6) is 0 Å². The van der Waals surface area contributed by atoms with Crippen molar-refractivity contribution in [1.82, 2.24) is 0 Å². The molecule has 0 rings (SSSR count). The molecule has 0 radical (unpaired) electrons. The van der Waals surface area contributed by atoms with Gasteiger partial charge in [-0.25, -0.2) is 0 Å². The van der Waals surface area contributed by atoms with Crippen LogP contribution >= 0.6 is 12.6 Å². The molecule has 2 heteroatoms. The van der Waals surface area contributed by atoms with E-state index < -0.39 is 0 Å². The van der Waals surface area contributed by atoms with E-state index in [-0.39, 0.29) is 0 Å². The molecule has 0 fully saturated rings. The summed E-state index contributed by atoms with van der Waals surface area (Å²) in [5.74, 6) is 0. The molecule has 0 aromatic heterocycles. The number of hydrogen-bond donors (Lipinski definition) is 1. The minimum atomic E-state index is 1.07. The van der Waals surface area contributed by atoms with Gasteiger partial charge in [0, 0.05) is 0 Å². The molecule has 0 aliphatic carbocycles. The zero-order chi connectivity index (χ0) is 12.6. The van der Waals surface area contributed by atoms with E-state index in [0.29, 0.717) is 0 Å². The van der Waals surface area contributed by atoms with Gasteiger partial charge in [0.25, 0.3) is 0 Å². The highest BCUT2D eigenvalue weighted by molar-refractivity contribution is 7.84. The lowest BCUT2D eigenvalue weighted by Gasteiger charge is -2.07. The predicted molar refractivity (Wildman–Crippen MR) is 81.8 cm³/mol. The van der Waals surface area contributed by atoms with Crippen molar-refractivity contribution in [3.05, 3.63) is 46.3 Å². The quantitative estimate of drug-likeness (QED) is 0.400. The Morgan fingerprint density at radius 3 is 2.44 bits per heavy atom. The Morgan fingerprint density at radius 2 is 2.00 bits per heavy atom. The second-order valence-electron chi connectivity index (χ2n) is 4.10. The number of allylic oxidation sites excluding steroid dienone is 7. The van der Waals surface area contributed by atoms with E-state index in [1.807, 2.05) is 13.9 Å². The average Bonchev–Trinajstić information content (AvgIpc) is 2.25. The summed E-state index contributed by atoms with van der Waals surface area (Å²) >= 11 is 4.58. The van der Waals surface area contributed by atoms with E-state index in [1.165, 1.54) is 28.9 Å². The smallest absolute Gasteiger partial charge is 0.138 e. The molecule has 0 N–H and O–H groups in total. The van der Waals surface area contributed by atoms with Crippen molar-refractivity contribution < 1.29 is 0 Å². The van der Waals surface area contributed by atoms with Crippen LogP contribution in [0.4, 0.5) is 0 Å². The molecule has 0 unspecified atom stereocenters. The second-order valence-corrected chi connectivity index (χ2v) is 4.64. The van der Waals surface area contributed by atoms with Crippen molar-refractivity contribution in [2.75, 3.05) is 0 Å². The standard InChI is InChI=1S/C14H23BS/c1-5-7-8-14(16)12(4)13(6-2)10-9-11(3)15/h6,9-10,16H,3,5,7-8,15H2,1-2,4H3/b10-9-,13-6+,14-12-. The summed E-state index contributed by atoms with van der Waals surface area (Å²) < 4.78 is 0. The van der Waals surface area contributed by atoms with Crippen molar-refractivity contribution in [2.24, 2.45) is 0 Å². The Hall–Kier alpha value is -0.625.